The van der Waals surface area contributed by atoms with Crippen LogP contribution in [0.5, 0.6) is 5.75 Å². The maximum Gasteiger partial charge on any atom is 0.338 e. The minimum atomic E-state index is -0.972. The minimum absolute atomic E-state index is 0.0721. The van der Waals surface area contributed by atoms with Crippen molar-refractivity contribution in [1.29, 1.82) is 0 Å². The van der Waals surface area contributed by atoms with E-state index in [1.165, 1.54) is 6.07 Å². The number of hydrogen-bond acceptors (Lipinski definition) is 3. The number of nitrogens with zero attached hydrogens (tertiary/aromatic N) is 1. The first-order chi connectivity index (χ1) is 10.6. The van der Waals surface area contributed by atoms with Gasteiger partial charge in [-0.15, -0.1) is 11.8 Å². The van der Waals surface area contributed by atoms with Crippen LogP contribution < -0.4 is 0 Å². The number of carboxylic acids is 1. The molecule has 4 nitrogen and oxygen atoms in total. The highest BCUT2D eigenvalue weighted by Crippen LogP contribution is 2.32. The van der Waals surface area contributed by atoms with Crippen LogP contribution in [0, 0.1) is 0 Å². The Kier molecular flexibility index (Phi) is 3.81. The predicted molar refractivity (Wildman–Crippen MR) is 87.5 cm³/mol. The molecule has 0 bridgehead atoms. The molecule has 0 fully saturated rings. The average Bonchev–Trinajstić information content (AvgIpc) is 2.78. The van der Waals surface area contributed by atoms with Gasteiger partial charge in [0.05, 0.1) is 5.56 Å². The smallest absolute Gasteiger partial charge is 0.338 e. The molecule has 22 heavy (non-hydrogen) atoms. The molecule has 1 aromatic heterocycles. The number of phenols is 1. The number of benzene rings is 2. The van der Waals surface area contributed by atoms with Crippen LogP contribution in [0.25, 0.3) is 10.9 Å². The maximum absolute atomic E-state index is 11.7. The second-order valence-corrected chi connectivity index (χ2v) is 6.04. The van der Waals surface area contributed by atoms with Crippen molar-refractivity contribution in [1.82, 2.24) is 4.57 Å². The van der Waals surface area contributed by atoms with Gasteiger partial charge in [-0.25, -0.2) is 4.79 Å². The van der Waals surface area contributed by atoms with Crippen LogP contribution >= 0.6 is 11.8 Å². The Morgan fingerprint density at radius 1 is 1.18 bits per heavy atom. The van der Waals surface area contributed by atoms with E-state index in [0.717, 1.165) is 16.1 Å². The molecule has 1 heterocycles. The first-order valence-corrected chi connectivity index (χ1v) is 7.78. The van der Waals surface area contributed by atoms with Crippen molar-refractivity contribution in [3.8, 4) is 5.75 Å². The molecule has 0 aliphatic heterocycles. The van der Waals surface area contributed by atoms with Gasteiger partial charge in [-0.1, -0.05) is 18.2 Å². The van der Waals surface area contributed by atoms with Gasteiger partial charge in [0, 0.05) is 34.3 Å². The molecule has 0 spiro atoms. The molecule has 3 aromatic rings. The number of aromatic hydroxyl groups is 1. The lowest BCUT2D eigenvalue weighted by Crippen LogP contribution is -2.03. The summed E-state index contributed by atoms with van der Waals surface area (Å²) in [7, 11) is 1.85. The summed E-state index contributed by atoms with van der Waals surface area (Å²) in [4.78, 5) is 12.8. The van der Waals surface area contributed by atoms with Crippen molar-refractivity contribution < 1.29 is 15.0 Å². The number of aryl methyl sites for hydroxylation is 1. The first-order valence-electron chi connectivity index (χ1n) is 6.79. The highest BCUT2D eigenvalue weighted by atomic mass is 32.2. The van der Waals surface area contributed by atoms with Crippen molar-refractivity contribution in [3.63, 3.8) is 0 Å². The molecule has 0 aliphatic carbocycles. The van der Waals surface area contributed by atoms with Crippen LogP contribution in [0.2, 0.25) is 0 Å². The lowest BCUT2D eigenvalue weighted by atomic mass is 10.1. The maximum atomic E-state index is 11.7. The van der Waals surface area contributed by atoms with E-state index in [-0.39, 0.29) is 11.3 Å². The van der Waals surface area contributed by atoms with E-state index in [1.54, 1.807) is 23.9 Å². The Hall–Kier alpha value is -2.40. The molecule has 0 amide bonds. The van der Waals surface area contributed by atoms with E-state index < -0.39 is 5.97 Å². The number of hydrogen-bond donors (Lipinski definition) is 2. The van der Waals surface area contributed by atoms with E-state index in [0.29, 0.717) is 11.1 Å². The lowest BCUT2D eigenvalue weighted by Gasteiger charge is -2.06. The van der Waals surface area contributed by atoms with Gasteiger partial charge >= 0.3 is 5.97 Å². The zero-order valence-corrected chi connectivity index (χ0v) is 12.8. The molecule has 0 atom stereocenters. The van der Waals surface area contributed by atoms with Crippen LogP contribution in [0.15, 0.2) is 53.4 Å². The summed E-state index contributed by atoms with van der Waals surface area (Å²) >= 11 is 1.59. The molecule has 0 saturated heterocycles. The number of aromatic nitrogens is 1. The van der Waals surface area contributed by atoms with E-state index in [4.69, 9.17) is 0 Å². The molecule has 0 aliphatic rings. The summed E-state index contributed by atoms with van der Waals surface area (Å²) in [5.74, 6) is -0.347. The Morgan fingerprint density at radius 2 is 1.91 bits per heavy atom. The molecular weight excluding hydrogens is 298 g/mol. The molecule has 3 rings (SSSR count). The quantitative estimate of drug-likeness (QED) is 0.718. The van der Waals surface area contributed by atoms with Crippen LogP contribution in [0.1, 0.15) is 16.1 Å². The zero-order valence-electron chi connectivity index (χ0n) is 12.0. The Balaban J connectivity index is 2.06. The van der Waals surface area contributed by atoms with Gasteiger partial charge < -0.3 is 14.8 Å². The summed E-state index contributed by atoms with van der Waals surface area (Å²) in [5.41, 5.74) is 1.80. The molecule has 0 radical (unpaired) electrons. The topological polar surface area (TPSA) is 62.5 Å². The van der Waals surface area contributed by atoms with Crippen LogP contribution in [-0.4, -0.2) is 20.7 Å². The van der Waals surface area contributed by atoms with Crippen molar-refractivity contribution in [2.75, 3.05) is 0 Å². The summed E-state index contributed by atoms with van der Waals surface area (Å²) in [6.07, 6.45) is 0. The normalized spacial score (nSPS) is 11.0. The number of fused-ring (bicyclic) bond motifs is 1. The average molecular weight is 313 g/mol. The third-order valence-electron chi connectivity index (χ3n) is 3.64. The van der Waals surface area contributed by atoms with E-state index in [1.807, 2.05) is 41.9 Å². The van der Waals surface area contributed by atoms with Crippen LogP contribution in [0.4, 0.5) is 0 Å². The lowest BCUT2D eigenvalue weighted by molar-refractivity contribution is 0.0698. The van der Waals surface area contributed by atoms with Gasteiger partial charge in [0.15, 0.2) is 0 Å². The second kappa shape index (κ2) is 5.77. The fraction of sp³-hybridized carbons (Fsp3) is 0.118. The van der Waals surface area contributed by atoms with Crippen molar-refractivity contribution in [3.05, 3.63) is 59.8 Å². The Labute approximate surface area is 132 Å². The minimum Gasteiger partial charge on any atom is -0.508 e. The number of carboxylic acid groups (broad SMARTS) is 1. The second-order valence-electron chi connectivity index (χ2n) is 4.99. The van der Waals surface area contributed by atoms with E-state index in [2.05, 4.69) is 0 Å². The fourth-order valence-corrected chi connectivity index (χ4v) is 3.55. The largest absolute Gasteiger partial charge is 0.508 e. The number of rotatable bonds is 4. The Morgan fingerprint density at radius 3 is 2.59 bits per heavy atom. The van der Waals surface area contributed by atoms with Gasteiger partial charge in [-0.2, -0.15) is 0 Å². The van der Waals surface area contributed by atoms with Gasteiger partial charge in [0.2, 0.25) is 0 Å². The summed E-state index contributed by atoms with van der Waals surface area (Å²) in [5, 5.41) is 19.8. The SMILES string of the molecule is Cn1c(CSc2ccccc2)c(C(=O)O)c2cc(O)ccc21. The summed E-state index contributed by atoms with van der Waals surface area (Å²) in [6, 6.07) is 14.7. The van der Waals surface area contributed by atoms with Gasteiger partial charge in [0.1, 0.15) is 5.75 Å². The van der Waals surface area contributed by atoms with E-state index >= 15 is 0 Å². The first kappa shape index (κ1) is 14.5. The van der Waals surface area contributed by atoms with E-state index in [9.17, 15) is 15.0 Å². The predicted octanol–water partition coefficient (Wildman–Crippen LogP) is 3.87. The highest BCUT2D eigenvalue weighted by molar-refractivity contribution is 7.98. The number of phenolic OH excluding ortho intramolecular Hbond substituents is 1. The third-order valence-corrected chi connectivity index (χ3v) is 4.66. The fourth-order valence-electron chi connectivity index (χ4n) is 2.56. The number of aromatic carboxylic acids is 1. The molecular formula is C17H15NO3S. The molecule has 112 valence electrons. The molecule has 5 heteroatoms. The van der Waals surface area contributed by atoms with Crippen LogP contribution in [0.3, 0.4) is 0 Å². The number of carbonyl (C=O) groups is 1. The Bertz CT molecular complexity index is 840. The van der Waals surface area contributed by atoms with Crippen molar-refractivity contribution in [2.45, 2.75) is 10.6 Å². The molecule has 2 aromatic carbocycles. The van der Waals surface area contributed by atoms with Gasteiger partial charge in [0.25, 0.3) is 0 Å². The molecule has 2 N–H and O–H groups in total. The standard InChI is InChI=1S/C17H15NO3S/c1-18-14-8-7-11(19)9-13(14)16(17(20)21)15(18)10-22-12-5-3-2-4-6-12/h2-9,19H,10H2,1H3,(H,20,21). The third kappa shape index (κ3) is 2.55. The number of thioether (sulfide) groups is 1. The molecule has 0 unspecified atom stereocenters. The van der Waals surface area contributed by atoms with Gasteiger partial charge in [-0.3, -0.25) is 0 Å². The highest BCUT2D eigenvalue weighted by Gasteiger charge is 2.20. The summed E-state index contributed by atoms with van der Waals surface area (Å²) in [6.45, 7) is 0. The monoisotopic (exact) mass is 313 g/mol. The van der Waals surface area contributed by atoms with Crippen molar-refractivity contribution >= 4 is 28.6 Å². The molecule has 0 saturated carbocycles. The van der Waals surface area contributed by atoms with Crippen LogP contribution in [-0.2, 0) is 12.8 Å². The van der Waals surface area contributed by atoms with Crippen molar-refractivity contribution in [2.24, 2.45) is 7.05 Å². The zero-order chi connectivity index (χ0) is 15.7. The van der Waals surface area contributed by atoms with Gasteiger partial charge in [-0.05, 0) is 30.3 Å². The summed E-state index contributed by atoms with van der Waals surface area (Å²) < 4.78 is 1.88.